The average molecular weight is 540 g/mol. The second-order valence-corrected chi connectivity index (χ2v) is 10.4. The molecule has 0 unspecified atom stereocenters. The number of carbonyl (C=O) groups excluding carboxylic acids is 2. The van der Waals surface area contributed by atoms with Crippen LogP contribution in [-0.4, -0.2) is 35.4 Å². The lowest BCUT2D eigenvalue weighted by Gasteiger charge is -2.32. The Morgan fingerprint density at radius 3 is 2.41 bits per heavy atom. The fraction of sp³-hybridized carbons (Fsp3) is 0.333. The molecule has 3 aromatic rings. The molecule has 1 aliphatic rings. The van der Waals surface area contributed by atoms with E-state index in [2.05, 4.69) is 5.32 Å². The Kier molecular flexibility index (Phi) is 9.48. The van der Waals surface area contributed by atoms with E-state index < -0.39 is 6.04 Å². The largest absolute Gasteiger partial charge is 0.482 e. The molecular formula is C30H32Cl2N2O3. The minimum Gasteiger partial charge on any atom is -0.482 e. The molecule has 0 aromatic heterocycles. The van der Waals surface area contributed by atoms with Crippen molar-refractivity contribution in [2.45, 2.75) is 57.7 Å². The summed E-state index contributed by atoms with van der Waals surface area (Å²) in [7, 11) is 0. The summed E-state index contributed by atoms with van der Waals surface area (Å²) in [5.41, 5.74) is 3.02. The van der Waals surface area contributed by atoms with Crippen molar-refractivity contribution in [3.63, 3.8) is 0 Å². The maximum atomic E-state index is 13.7. The lowest BCUT2D eigenvalue weighted by atomic mass is 10.0. The highest BCUT2D eigenvalue weighted by Gasteiger charge is 2.32. The number of benzene rings is 3. The number of hydrogen-bond acceptors (Lipinski definition) is 3. The molecule has 1 saturated carbocycles. The molecule has 37 heavy (non-hydrogen) atoms. The zero-order chi connectivity index (χ0) is 26.2. The molecule has 0 saturated heterocycles. The van der Waals surface area contributed by atoms with Crippen LogP contribution in [-0.2, 0) is 22.6 Å². The number of rotatable bonds is 10. The highest BCUT2D eigenvalue weighted by atomic mass is 35.5. The van der Waals surface area contributed by atoms with Gasteiger partial charge in [0.25, 0.3) is 5.91 Å². The number of aryl methyl sites for hydroxylation is 1. The molecule has 0 heterocycles. The van der Waals surface area contributed by atoms with Crippen LogP contribution in [0.1, 0.15) is 42.4 Å². The van der Waals surface area contributed by atoms with Gasteiger partial charge in [0.1, 0.15) is 11.8 Å². The summed E-state index contributed by atoms with van der Waals surface area (Å²) < 4.78 is 5.80. The van der Waals surface area contributed by atoms with E-state index in [1.54, 1.807) is 23.1 Å². The normalized spacial score (nSPS) is 14.2. The van der Waals surface area contributed by atoms with E-state index in [0.717, 1.165) is 42.4 Å². The van der Waals surface area contributed by atoms with Gasteiger partial charge in [-0.3, -0.25) is 9.59 Å². The summed E-state index contributed by atoms with van der Waals surface area (Å²) in [4.78, 5) is 29.0. The van der Waals surface area contributed by atoms with Crippen molar-refractivity contribution >= 4 is 35.0 Å². The van der Waals surface area contributed by atoms with E-state index in [1.165, 1.54) is 0 Å². The predicted octanol–water partition coefficient (Wildman–Crippen LogP) is 6.38. The van der Waals surface area contributed by atoms with E-state index in [0.29, 0.717) is 22.2 Å². The Labute approximate surface area is 228 Å². The van der Waals surface area contributed by atoms with E-state index in [4.69, 9.17) is 27.9 Å². The van der Waals surface area contributed by atoms with Crippen LogP contribution in [0.15, 0.2) is 72.8 Å². The van der Waals surface area contributed by atoms with Crippen LogP contribution in [0.5, 0.6) is 5.75 Å². The lowest BCUT2D eigenvalue weighted by Crippen LogP contribution is -2.53. The topological polar surface area (TPSA) is 58.6 Å². The van der Waals surface area contributed by atoms with Crippen molar-refractivity contribution in [2.75, 3.05) is 6.61 Å². The summed E-state index contributed by atoms with van der Waals surface area (Å²) in [6, 6.07) is 22.1. The molecule has 5 nitrogen and oxygen atoms in total. The van der Waals surface area contributed by atoms with Gasteiger partial charge in [0.15, 0.2) is 6.61 Å². The molecule has 1 N–H and O–H groups in total. The van der Waals surface area contributed by atoms with Crippen molar-refractivity contribution in [2.24, 2.45) is 0 Å². The van der Waals surface area contributed by atoms with Crippen LogP contribution < -0.4 is 10.1 Å². The smallest absolute Gasteiger partial charge is 0.261 e. The third-order valence-corrected chi connectivity index (χ3v) is 7.18. The van der Waals surface area contributed by atoms with Gasteiger partial charge in [-0.15, -0.1) is 0 Å². The summed E-state index contributed by atoms with van der Waals surface area (Å²) in [6.07, 6.45) is 4.55. The summed E-state index contributed by atoms with van der Waals surface area (Å²) in [6.45, 7) is 2.04. The highest BCUT2D eigenvalue weighted by molar-refractivity contribution is 6.35. The van der Waals surface area contributed by atoms with Gasteiger partial charge >= 0.3 is 0 Å². The van der Waals surface area contributed by atoms with Crippen LogP contribution in [0, 0.1) is 6.92 Å². The minimum atomic E-state index is -0.694. The molecule has 0 aliphatic heterocycles. The third-order valence-electron chi connectivity index (χ3n) is 6.65. The Balaban J connectivity index is 1.62. The van der Waals surface area contributed by atoms with Crippen molar-refractivity contribution in [3.05, 3.63) is 99.5 Å². The van der Waals surface area contributed by atoms with Gasteiger partial charge in [-0.1, -0.05) is 96.2 Å². The van der Waals surface area contributed by atoms with Gasteiger partial charge in [-0.2, -0.15) is 0 Å². The Morgan fingerprint density at radius 1 is 0.973 bits per heavy atom. The second-order valence-electron chi connectivity index (χ2n) is 9.57. The maximum absolute atomic E-state index is 13.7. The fourth-order valence-corrected chi connectivity index (χ4v) is 5.21. The van der Waals surface area contributed by atoms with Crippen LogP contribution in [0.2, 0.25) is 10.0 Å². The zero-order valence-corrected chi connectivity index (χ0v) is 22.5. The highest BCUT2D eigenvalue weighted by Crippen LogP contribution is 2.28. The van der Waals surface area contributed by atoms with Crippen molar-refractivity contribution < 1.29 is 14.3 Å². The third kappa shape index (κ3) is 7.73. The van der Waals surface area contributed by atoms with E-state index >= 15 is 0 Å². The molecule has 0 radical (unpaired) electrons. The van der Waals surface area contributed by atoms with Crippen molar-refractivity contribution in [1.29, 1.82) is 0 Å². The van der Waals surface area contributed by atoms with Gasteiger partial charge < -0.3 is 15.0 Å². The quantitative estimate of drug-likeness (QED) is 0.325. The van der Waals surface area contributed by atoms with Gasteiger partial charge in [0.05, 0.1) is 5.02 Å². The van der Waals surface area contributed by atoms with Gasteiger partial charge in [-0.05, 0) is 49.1 Å². The molecule has 0 bridgehead atoms. The number of ether oxygens (including phenoxy) is 1. The van der Waals surface area contributed by atoms with Crippen LogP contribution in [0.25, 0.3) is 0 Å². The van der Waals surface area contributed by atoms with E-state index in [-0.39, 0.29) is 31.0 Å². The molecular weight excluding hydrogens is 507 g/mol. The second kappa shape index (κ2) is 13.0. The summed E-state index contributed by atoms with van der Waals surface area (Å²) in [5, 5.41) is 4.02. The molecule has 0 spiro atoms. The SMILES string of the molecule is Cc1cccc(CN(C(=O)COc2ccc(Cl)cc2Cl)[C@@H](Cc2ccccc2)C(=O)NC2CCCC2)c1. The van der Waals surface area contributed by atoms with Crippen molar-refractivity contribution in [3.8, 4) is 5.75 Å². The first-order chi connectivity index (χ1) is 17.9. The number of carbonyl (C=O) groups is 2. The monoisotopic (exact) mass is 538 g/mol. The summed E-state index contributed by atoms with van der Waals surface area (Å²) >= 11 is 12.3. The number of halogens is 2. The number of nitrogens with zero attached hydrogens (tertiary/aromatic N) is 1. The molecule has 7 heteroatoms. The number of amides is 2. The van der Waals surface area contributed by atoms with Gasteiger partial charge in [-0.25, -0.2) is 0 Å². The molecule has 2 amide bonds. The Morgan fingerprint density at radius 2 is 1.70 bits per heavy atom. The van der Waals surface area contributed by atoms with E-state index in [1.807, 2.05) is 61.5 Å². The lowest BCUT2D eigenvalue weighted by molar-refractivity contribution is -0.143. The Bertz CT molecular complexity index is 1210. The number of hydrogen-bond donors (Lipinski definition) is 1. The van der Waals surface area contributed by atoms with Crippen molar-refractivity contribution in [1.82, 2.24) is 10.2 Å². The first-order valence-electron chi connectivity index (χ1n) is 12.7. The van der Waals surface area contributed by atoms with Crippen LogP contribution in [0.3, 0.4) is 0 Å². The number of nitrogens with one attached hydrogen (secondary N) is 1. The summed E-state index contributed by atoms with van der Waals surface area (Å²) in [5.74, 6) is -0.0683. The maximum Gasteiger partial charge on any atom is 0.261 e. The molecule has 4 rings (SSSR count). The van der Waals surface area contributed by atoms with Gasteiger partial charge in [0.2, 0.25) is 5.91 Å². The average Bonchev–Trinajstić information content (AvgIpc) is 3.39. The zero-order valence-electron chi connectivity index (χ0n) is 21.0. The van der Waals surface area contributed by atoms with E-state index in [9.17, 15) is 9.59 Å². The van der Waals surface area contributed by atoms with Gasteiger partial charge in [0, 0.05) is 24.0 Å². The molecule has 1 aliphatic carbocycles. The Hall–Kier alpha value is -3.02. The van der Waals surface area contributed by atoms with Crippen LogP contribution >= 0.6 is 23.2 Å². The fourth-order valence-electron chi connectivity index (χ4n) is 4.74. The van der Waals surface area contributed by atoms with Crippen LogP contribution in [0.4, 0.5) is 0 Å². The molecule has 194 valence electrons. The first-order valence-corrected chi connectivity index (χ1v) is 13.4. The first kappa shape index (κ1) is 27.0. The predicted molar refractivity (Wildman–Crippen MR) is 148 cm³/mol. The molecule has 3 aromatic carbocycles. The molecule has 1 fully saturated rings. The standard InChI is InChI=1S/C30H32Cl2N2O3/c1-21-8-7-11-23(16-21)19-34(29(35)20-37-28-15-14-24(31)18-26(28)32)27(17-22-9-3-2-4-10-22)30(36)33-25-12-5-6-13-25/h2-4,7-11,14-16,18,25,27H,5-6,12-13,17,19-20H2,1H3,(H,33,36)/t27-/m0/s1. The molecule has 1 atom stereocenters. The minimum absolute atomic E-state index is 0.138.